The first kappa shape index (κ1) is 54.7. The van der Waals surface area contributed by atoms with Crippen molar-refractivity contribution in [1.29, 1.82) is 0 Å². The third kappa shape index (κ3) is 41.6. The monoisotopic (exact) mass is 821 g/mol. The largest absolute Gasteiger partial charge is 0.477 e. The van der Waals surface area contributed by atoms with Crippen molar-refractivity contribution in [3.63, 3.8) is 0 Å². The van der Waals surface area contributed by atoms with E-state index in [9.17, 15) is 19.5 Å². The Hall–Kier alpha value is -4.31. The Bertz CT molecular complexity index is 1370. The van der Waals surface area contributed by atoms with E-state index in [1.54, 1.807) is 0 Å². The van der Waals surface area contributed by atoms with Gasteiger partial charge >= 0.3 is 17.9 Å². The molecule has 0 heterocycles. The van der Waals surface area contributed by atoms with E-state index in [1.165, 1.54) is 0 Å². The molecular weight excluding hydrogens is 743 g/mol. The number of allylic oxidation sites excluding steroid dienone is 20. The second-order valence-electron chi connectivity index (χ2n) is 14.9. The molecule has 0 fully saturated rings. The maximum absolute atomic E-state index is 12.7. The number of esters is 2. The van der Waals surface area contributed by atoms with Crippen LogP contribution in [0.25, 0.3) is 0 Å². The Morgan fingerprint density at radius 2 is 0.932 bits per heavy atom. The number of nitrogens with zero attached hydrogens (tertiary/aromatic N) is 1. The van der Waals surface area contributed by atoms with Crippen LogP contribution in [0.15, 0.2) is 122 Å². The fourth-order valence-electron chi connectivity index (χ4n) is 4.91. The van der Waals surface area contributed by atoms with Gasteiger partial charge in [-0.15, -0.1) is 0 Å². The first-order chi connectivity index (χ1) is 28.6. The van der Waals surface area contributed by atoms with Gasteiger partial charge in [0.25, 0.3) is 6.29 Å². The zero-order valence-electron chi connectivity index (χ0n) is 37.1. The van der Waals surface area contributed by atoms with E-state index in [0.717, 1.165) is 77.0 Å². The van der Waals surface area contributed by atoms with Crippen molar-refractivity contribution < 1.29 is 42.9 Å². The standard InChI is InChI=1S/C50H77NO8/c1-6-8-10-12-14-16-18-20-22-23-24-25-27-29-31-33-35-37-39-41-48(53)59-46(45-58-50(49(54)55)56-43-42-51(3,4)5)44-57-47(52)40-38-36-34-32-30-28-26-21-19-17-15-13-11-9-7-2/h8-11,14-17,20-22,24-26,29-32,35,37,46,50H,6-7,12-13,18-19,23,27-28,33-34,36,38-45H2,1-5H3/p+1/b10-8-,11-9-,16-14-,17-15-,22-20-,25-24-,26-21-,31-29-,32-30-,37-35-. The summed E-state index contributed by atoms with van der Waals surface area (Å²) in [7, 11) is 5.90. The van der Waals surface area contributed by atoms with Crippen molar-refractivity contribution in [3.8, 4) is 0 Å². The van der Waals surface area contributed by atoms with E-state index in [1.807, 2.05) is 33.3 Å². The highest BCUT2D eigenvalue weighted by Crippen LogP contribution is 2.08. The molecule has 0 saturated carbocycles. The van der Waals surface area contributed by atoms with Crippen LogP contribution in [0.4, 0.5) is 0 Å². The van der Waals surface area contributed by atoms with Gasteiger partial charge in [0.2, 0.25) is 0 Å². The lowest BCUT2D eigenvalue weighted by Crippen LogP contribution is -2.40. The zero-order chi connectivity index (χ0) is 43.5. The highest BCUT2D eigenvalue weighted by atomic mass is 16.7. The van der Waals surface area contributed by atoms with E-state index in [0.29, 0.717) is 23.9 Å². The molecule has 0 aliphatic heterocycles. The fourth-order valence-corrected chi connectivity index (χ4v) is 4.91. The van der Waals surface area contributed by atoms with E-state index in [4.69, 9.17) is 18.9 Å². The number of ether oxygens (including phenoxy) is 4. The number of carboxylic acids is 1. The number of carbonyl (C=O) groups is 3. The summed E-state index contributed by atoms with van der Waals surface area (Å²) in [5, 5.41) is 9.62. The molecule has 0 aromatic heterocycles. The van der Waals surface area contributed by atoms with E-state index >= 15 is 0 Å². The van der Waals surface area contributed by atoms with Crippen molar-refractivity contribution in [2.24, 2.45) is 0 Å². The third-order valence-electron chi connectivity index (χ3n) is 8.23. The molecular formula is C50H78NO8+. The molecule has 0 saturated heterocycles. The van der Waals surface area contributed by atoms with Gasteiger partial charge in [-0.1, -0.05) is 135 Å². The van der Waals surface area contributed by atoms with Crippen LogP contribution in [0.5, 0.6) is 0 Å². The van der Waals surface area contributed by atoms with Gasteiger partial charge in [0.1, 0.15) is 13.2 Å². The predicted molar refractivity (Wildman–Crippen MR) is 244 cm³/mol. The van der Waals surface area contributed by atoms with Crippen LogP contribution < -0.4 is 0 Å². The first-order valence-electron chi connectivity index (χ1n) is 21.7. The van der Waals surface area contributed by atoms with Crippen LogP contribution in [-0.4, -0.2) is 87.4 Å². The minimum atomic E-state index is -1.55. The molecule has 0 aromatic carbocycles. The number of aliphatic carboxylic acids is 1. The lowest BCUT2D eigenvalue weighted by atomic mass is 10.2. The van der Waals surface area contributed by atoms with Crippen molar-refractivity contribution in [3.05, 3.63) is 122 Å². The number of carboxylic acid groups (broad SMARTS) is 1. The van der Waals surface area contributed by atoms with E-state index < -0.39 is 30.3 Å². The molecule has 2 atom stereocenters. The SMILES string of the molecule is CC/C=C\C/C=C\C/C=C\C/C=C\C/C=C\C/C=C\CCC(=O)OC(COC(=O)CCCC/C=C\C/C=C\C/C=C\C/C=C\CC)COC(OCC[N+](C)(C)C)C(=O)O. The number of carbonyl (C=O) groups excluding carboxylic acids is 2. The summed E-state index contributed by atoms with van der Waals surface area (Å²) in [6.07, 6.45) is 52.8. The van der Waals surface area contributed by atoms with Gasteiger partial charge in [-0.3, -0.25) is 9.59 Å². The number of hydrogen-bond acceptors (Lipinski definition) is 7. The Morgan fingerprint density at radius 1 is 0.508 bits per heavy atom. The van der Waals surface area contributed by atoms with Crippen LogP contribution in [0.3, 0.4) is 0 Å². The summed E-state index contributed by atoms with van der Waals surface area (Å²) in [6.45, 7) is 4.45. The van der Waals surface area contributed by atoms with E-state index in [-0.39, 0.29) is 32.7 Å². The Labute approximate surface area is 357 Å². The number of unbranched alkanes of at least 4 members (excludes halogenated alkanes) is 2. The molecule has 0 aliphatic rings. The second-order valence-corrected chi connectivity index (χ2v) is 14.9. The molecule has 0 aliphatic carbocycles. The van der Waals surface area contributed by atoms with Crippen LogP contribution in [-0.2, 0) is 33.3 Å². The summed E-state index contributed by atoms with van der Waals surface area (Å²) in [4.78, 5) is 37.0. The number of hydrogen-bond donors (Lipinski definition) is 1. The number of likely N-dealkylation sites (N-methyl/N-ethyl adjacent to an activating group) is 1. The van der Waals surface area contributed by atoms with Gasteiger partial charge in [0.05, 0.1) is 34.4 Å². The topological polar surface area (TPSA) is 108 Å². The van der Waals surface area contributed by atoms with Crippen LogP contribution in [0, 0.1) is 0 Å². The maximum atomic E-state index is 12.7. The number of rotatable bonds is 37. The van der Waals surface area contributed by atoms with Gasteiger partial charge in [0, 0.05) is 12.8 Å². The second kappa shape index (κ2) is 40.5. The van der Waals surface area contributed by atoms with Gasteiger partial charge in [-0.25, -0.2) is 4.79 Å². The van der Waals surface area contributed by atoms with Crippen molar-refractivity contribution in [2.45, 2.75) is 129 Å². The van der Waals surface area contributed by atoms with Crippen LogP contribution in [0.1, 0.15) is 117 Å². The Morgan fingerprint density at radius 3 is 1.36 bits per heavy atom. The van der Waals surface area contributed by atoms with Crippen LogP contribution in [0.2, 0.25) is 0 Å². The summed E-state index contributed by atoms with van der Waals surface area (Å²) < 4.78 is 22.5. The minimum Gasteiger partial charge on any atom is -0.477 e. The Kier molecular flexibility index (Phi) is 37.5. The predicted octanol–water partition coefficient (Wildman–Crippen LogP) is 11.4. The summed E-state index contributed by atoms with van der Waals surface area (Å²) >= 11 is 0. The molecule has 0 rings (SSSR count). The third-order valence-corrected chi connectivity index (χ3v) is 8.23. The highest BCUT2D eigenvalue weighted by molar-refractivity contribution is 5.71. The molecule has 59 heavy (non-hydrogen) atoms. The van der Waals surface area contributed by atoms with E-state index in [2.05, 4.69) is 123 Å². The Balaban J connectivity index is 4.69. The first-order valence-corrected chi connectivity index (χ1v) is 21.7. The van der Waals surface area contributed by atoms with Gasteiger partial charge in [-0.2, -0.15) is 0 Å². The lowest BCUT2D eigenvalue weighted by molar-refractivity contribution is -0.870. The molecule has 0 bridgehead atoms. The molecule has 0 amide bonds. The molecule has 1 N–H and O–H groups in total. The lowest BCUT2D eigenvalue weighted by Gasteiger charge is -2.25. The summed E-state index contributed by atoms with van der Waals surface area (Å²) in [6, 6.07) is 0. The summed E-state index contributed by atoms with van der Waals surface area (Å²) in [5.74, 6) is -2.20. The molecule has 9 heteroatoms. The van der Waals surface area contributed by atoms with Crippen LogP contribution >= 0.6 is 0 Å². The fraction of sp³-hybridized carbons (Fsp3) is 0.540. The molecule has 9 nitrogen and oxygen atoms in total. The molecule has 2 unspecified atom stereocenters. The van der Waals surface area contributed by atoms with Crippen molar-refractivity contribution in [1.82, 2.24) is 0 Å². The molecule has 0 aromatic rings. The van der Waals surface area contributed by atoms with Crippen molar-refractivity contribution in [2.75, 3.05) is 47.5 Å². The van der Waals surface area contributed by atoms with Gasteiger partial charge in [0.15, 0.2) is 6.10 Å². The summed E-state index contributed by atoms with van der Waals surface area (Å²) in [5.41, 5.74) is 0. The van der Waals surface area contributed by atoms with Gasteiger partial charge < -0.3 is 28.5 Å². The molecule has 0 radical (unpaired) electrons. The average Bonchev–Trinajstić information content (AvgIpc) is 3.19. The zero-order valence-corrected chi connectivity index (χ0v) is 37.1. The maximum Gasteiger partial charge on any atom is 0.361 e. The minimum absolute atomic E-state index is 0.117. The smallest absolute Gasteiger partial charge is 0.361 e. The average molecular weight is 821 g/mol. The number of quaternary nitrogens is 1. The highest BCUT2D eigenvalue weighted by Gasteiger charge is 2.25. The van der Waals surface area contributed by atoms with Crippen molar-refractivity contribution >= 4 is 17.9 Å². The molecule has 0 spiro atoms. The quantitative estimate of drug-likeness (QED) is 0.0217. The molecule has 330 valence electrons. The van der Waals surface area contributed by atoms with Gasteiger partial charge in [-0.05, 0) is 89.9 Å². The normalized spacial score (nSPS) is 14.1.